The summed E-state index contributed by atoms with van der Waals surface area (Å²) in [5.41, 5.74) is 1.15. The molecule has 1 aliphatic heterocycles. The van der Waals surface area contributed by atoms with Gasteiger partial charge in [0, 0.05) is 25.0 Å². The van der Waals surface area contributed by atoms with E-state index in [2.05, 4.69) is 10.3 Å². The lowest BCUT2D eigenvalue weighted by atomic mass is 10.0. The van der Waals surface area contributed by atoms with Gasteiger partial charge in [0.2, 0.25) is 0 Å². The number of hydrogen-bond donors (Lipinski definition) is 3. The van der Waals surface area contributed by atoms with Crippen LogP contribution < -0.4 is 5.32 Å². The van der Waals surface area contributed by atoms with Crippen molar-refractivity contribution < 1.29 is 19.4 Å². The maximum atomic E-state index is 13.2. The van der Waals surface area contributed by atoms with E-state index < -0.39 is 11.7 Å². The topological polar surface area (TPSA) is 85.7 Å². The van der Waals surface area contributed by atoms with Crippen LogP contribution in [0, 0.1) is 5.82 Å². The summed E-state index contributed by atoms with van der Waals surface area (Å²) in [6.45, 7) is 0.767. The second kappa shape index (κ2) is 6.94. The van der Waals surface area contributed by atoms with Gasteiger partial charge in [0.25, 0.3) is 5.91 Å². The highest BCUT2D eigenvalue weighted by Crippen LogP contribution is 2.23. The quantitative estimate of drug-likeness (QED) is 0.735. The minimum atomic E-state index is -1.45. The van der Waals surface area contributed by atoms with Gasteiger partial charge >= 0.3 is 0 Å². The summed E-state index contributed by atoms with van der Waals surface area (Å²) in [7, 11) is 0. The Bertz CT molecular complexity index is 712. The Hall–Kier alpha value is -1.87. The number of carbonyl (C=O) groups is 1. The van der Waals surface area contributed by atoms with Crippen LogP contribution in [0.15, 0.2) is 35.2 Å². The molecule has 3 rings (SSSR count). The minimum Gasteiger partial charge on any atom is -0.389 e. The first kappa shape index (κ1) is 17.0. The van der Waals surface area contributed by atoms with Gasteiger partial charge in [-0.2, -0.15) is 0 Å². The highest BCUT2D eigenvalue weighted by atomic mass is 32.1. The lowest BCUT2D eigenvalue weighted by Crippen LogP contribution is -2.51. The number of amides is 1. The van der Waals surface area contributed by atoms with Crippen molar-refractivity contribution in [1.82, 2.24) is 15.2 Å². The molecular weight excluding hydrogens is 333 g/mol. The molecule has 1 amide bonds. The molecule has 0 spiro atoms. The summed E-state index contributed by atoms with van der Waals surface area (Å²) in [5, 5.41) is 25.0. The van der Waals surface area contributed by atoms with Crippen LogP contribution in [-0.2, 0) is 6.54 Å². The first-order valence-electron chi connectivity index (χ1n) is 7.50. The van der Waals surface area contributed by atoms with Crippen LogP contribution in [0.2, 0.25) is 0 Å². The number of benzene rings is 1. The lowest BCUT2D eigenvalue weighted by Gasteiger charge is -2.26. The third-order valence-corrected chi connectivity index (χ3v) is 4.65. The van der Waals surface area contributed by atoms with Gasteiger partial charge in [0.15, 0.2) is 0 Å². The van der Waals surface area contributed by atoms with Gasteiger partial charge in [0.1, 0.15) is 17.1 Å². The van der Waals surface area contributed by atoms with Crippen molar-refractivity contribution in [1.29, 1.82) is 0 Å². The van der Waals surface area contributed by atoms with E-state index in [1.807, 2.05) is 4.90 Å². The molecule has 0 saturated carbocycles. The predicted octanol–water partition coefficient (Wildman–Crippen LogP) is 0.620. The molecule has 0 radical (unpaired) electrons. The van der Waals surface area contributed by atoms with Crippen LogP contribution in [0.1, 0.15) is 16.1 Å². The number of carbonyl (C=O) groups excluding carboxylic acids is 1. The molecule has 1 saturated heterocycles. The second-order valence-corrected chi connectivity index (χ2v) is 6.69. The van der Waals surface area contributed by atoms with Crippen LogP contribution in [0.3, 0.4) is 0 Å². The number of aliphatic hydroxyl groups excluding tert-OH is 1. The Morgan fingerprint density at radius 3 is 3.08 bits per heavy atom. The van der Waals surface area contributed by atoms with Crippen molar-refractivity contribution in [3.8, 4) is 0 Å². The van der Waals surface area contributed by atoms with Crippen LogP contribution >= 0.6 is 11.3 Å². The van der Waals surface area contributed by atoms with Gasteiger partial charge in [-0.3, -0.25) is 9.69 Å². The molecule has 0 aliphatic carbocycles. The van der Waals surface area contributed by atoms with Crippen LogP contribution in [-0.4, -0.2) is 57.3 Å². The third-order valence-electron chi connectivity index (χ3n) is 4.06. The first-order chi connectivity index (χ1) is 11.5. The molecule has 1 aliphatic rings. The van der Waals surface area contributed by atoms with Crippen molar-refractivity contribution in [2.45, 2.75) is 18.2 Å². The number of nitrogens with zero attached hydrogens (tertiary/aromatic N) is 2. The van der Waals surface area contributed by atoms with Crippen molar-refractivity contribution >= 4 is 17.2 Å². The average molecular weight is 351 g/mol. The number of likely N-dealkylation sites (tertiary alicyclic amines) is 1. The number of β-amino-alcohol motifs (C(OH)–C–C–N with tert-alkyl or cyclic N) is 2. The van der Waals surface area contributed by atoms with Gasteiger partial charge in [-0.05, 0) is 17.7 Å². The van der Waals surface area contributed by atoms with Crippen molar-refractivity contribution in [2.24, 2.45) is 0 Å². The van der Waals surface area contributed by atoms with Gasteiger partial charge in [0.05, 0.1) is 18.2 Å². The van der Waals surface area contributed by atoms with E-state index in [9.17, 15) is 19.4 Å². The Kier molecular flexibility index (Phi) is 4.91. The fourth-order valence-corrected chi connectivity index (χ4v) is 3.34. The molecule has 0 unspecified atom stereocenters. The smallest absolute Gasteiger partial charge is 0.270 e. The zero-order valence-corrected chi connectivity index (χ0v) is 13.7. The molecule has 1 aromatic carbocycles. The Morgan fingerprint density at radius 1 is 1.54 bits per heavy atom. The molecule has 2 aromatic rings. The lowest BCUT2D eigenvalue weighted by molar-refractivity contribution is -0.0377. The largest absolute Gasteiger partial charge is 0.389 e. The Morgan fingerprint density at radius 2 is 2.38 bits per heavy atom. The molecule has 1 aromatic heterocycles. The van der Waals surface area contributed by atoms with E-state index in [0.717, 1.165) is 5.56 Å². The van der Waals surface area contributed by atoms with E-state index in [1.54, 1.807) is 23.0 Å². The fourth-order valence-electron chi connectivity index (χ4n) is 2.81. The minimum absolute atomic E-state index is 0.0792. The molecule has 128 valence electrons. The van der Waals surface area contributed by atoms with Crippen molar-refractivity contribution in [3.63, 3.8) is 0 Å². The van der Waals surface area contributed by atoms with Crippen molar-refractivity contribution in [3.05, 3.63) is 52.2 Å². The monoisotopic (exact) mass is 351 g/mol. The predicted molar refractivity (Wildman–Crippen MR) is 87.1 cm³/mol. The summed E-state index contributed by atoms with van der Waals surface area (Å²) in [6, 6.07) is 6.20. The highest BCUT2D eigenvalue weighted by molar-refractivity contribution is 7.07. The molecule has 0 bridgehead atoms. The van der Waals surface area contributed by atoms with E-state index in [1.165, 1.54) is 23.5 Å². The second-order valence-electron chi connectivity index (χ2n) is 5.98. The van der Waals surface area contributed by atoms with Crippen molar-refractivity contribution in [2.75, 3.05) is 19.6 Å². The molecular formula is C16H18FN3O3S. The number of rotatable bonds is 5. The van der Waals surface area contributed by atoms with E-state index in [-0.39, 0.29) is 37.1 Å². The standard InChI is InChI=1S/C16H18FN3O3S/c17-12-3-1-2-11(4-12)5-20-6-14(21)16(23,9-20)8-18-15(22)13-7-24-10-19-13/h1-4,7,10,14,21,23H,5-6,8-9H2,(H,18,22)/t14-,16+/m1/s1. The Labute approximate surface area is 142 Å². The molecule has 2 heterocycles. The number of hydrogen-bond acceptors (Lipinski definition) is 6. The molecule has 6 nitrogen and oxygen atoms in total. The van der Waals surface area contributed by atoms with Crippen LogP contribution in [0.4, 0.5) is 4.39 Å². The fraction of sp³-hybridized carbons (Fsp3) is 0.375. The van der Waals surface area contributed by atoms with Gasteiger partial charge in [-0.25, -0.2) is 9.37 Å². The summed E-state index contributed by atoms with van der Waals surface area (Å²) >= 11 is 1.31. The zero-order valence-electron chi connectivity index (χ0n) is 12.9. The molecule has 8 heteroatoms. The summed E-state index contributed by atoms with van der Waals surface area (Å²) in [5.74, 6) is -0.710. The number of thiazole rings is 1. The summed E-state index contributed by atoms with van der Waals surface area (Å²) < 4.78 is 13.2. The highest BCUT2D eigenvalue weighted by Gasteiger charge is 2.44. The maximum absolute atomic E-state index is 13.2. The third kappa shape index (κ3) is 3.78. The molecule has 2 atom stereocenters. The SMILES string of the molecule is O=C(NC[C@]1(O)CN(Cc2cccc(F)c2)C[C@H]1O)c1cscn1. The average Bonchev–Trinajstić information content (AvgIpc) is 3.15. The van der Waals surface area contributed by atoms with Gasteiger partial charge in [-0.15, -0.1) is 11.3 Å². The normalized spacial score (nSPS) is 24.2. The maximum Gasteiger partial charge on any atom is 0.270 e. The number of nitrogens with one attached hydrogen (secondary N) is 1. The summed E-state index contributed by atoms with van der Waals surface area (Å²) in [4.78, 5) is 17.6. The number of aliphatic hydroxyl groups is 2. The summed E-state index contributed by atoms with van der Waals surface area (Å²) in [6.07, 6.45) is -0.998. The van der Waals surface area contributed by atoms with Gasteiger partial charge in [-0.1, -0.05) is 12.1 Å². The molecule has 1 fully saturated rings. The Balaban J connectivity index is 1.58. The number of aromatic nitrogens is 1. The van der Waals surface area contributed by atoms with E-state index >= 15 is 0 Å². The van der Waals surface area contributed by atoms with E-state index in [4.69, 9.17) is 0 Å². The van der Waals surface area contributed by atoms with Crippen LogP contribution in [0.5, 0.6) is 0 Å². The molecule has 3 N–H and O–H groups in total. The molecule has 24 heavy (non-hydrogen) atoms. The van der Waals surface area contributed by atoms with E-state index in [0.29, 0.717) is 6.54 Å². The van der Waals surface area contributed by atoms with Crippen LogP contribution in [0.25, 0.3) is 0 Å². The number of halogens is 1. The zero-order chi connectivity index (χ0) is 17.2. The first-order valence-corrected chi connectivity index (χ1v) is 8.44. The van der Waals surface area contributed by atoms with Gasteiger partial charge < -0.3 is 15.5 Å².